The number of hydrogen-bond acceptors (Lipinski definition) is 5. The maximum atomic E-state index is 6.10. The summed E-state index contributed by atoms with van der Waals surface area (Å²) in [6, 6.07) is 8.06. The van der Waals surface area contributed by atoms with Gasteiger partial charge in [0.1, 0.15) is 6.61 Å². The molecule has 3 rings (SSSR count). The summed E-state index contributed by atoms with van der Waals surface area (Å²) in [4.78, 5) is 11.1. The van der Waals surface area contributed by atoms with Crippen molar-refractivity contribution in [3.05, 3.63) is 52.9 Å². The van der Waals surface area contributed by atoms with Crippen LogP contribution in [0.15, 0.2) is 36.7 Å². The summed E-state index contributed by atoms with van der Waals surface area (Å²) in [5.41, 5.74) is 2.22. The van der Waals surface area contributed by atoms with Gasteiger partial charge in [0, 0.05) is 24.3 Å². The minimum atomic E-state index is 0.492. The van der Waals surface area contributed by atoms with Crippen molar-refractivity contribution in [3.8, 4) is 5.88 Å². The number of ether oxygens (including phenoxy) is 2. The van der Waals surface area contributed by atoms with E-state index in [-0.39, 0.29) is 0 Å². The molecule has 2 heterocycles. The Balaban J connectivity index is 1.59. The zero-order valence-electron chi connectivity index (χ0n) is 14.4. The van der Waals surface area contributed by atoms with Crippen molar-refractivity contribution in [3.63, 3.8) is 0 Å². The van der Waals surface area contributed by atoms with Crippen LogP contribution >= 0.6 is 11.6 Å². The number of nitrogens with zero attached hydrogens (tertiary/aromatic N) is 3. The van der Waals surface area contributed by atoms with E-state index in [1.807, 2.05) is 24.4 Å². The lowest BCUT2D eigenvalue weighted by Gasteiger charge is -2.23. The first-order chi connectivity index (χ1) is 12.3. The molecule has 0 N–H and O–H groups in total. The zero-order valence-corrected chi connectivity index (χ0v) is 15.1. The summed E-state index contributed by atoms with van der Waals surface area (Å²) >= 11 is 6.10. The van der Waals surface area contributed by atoms with Crippen LogP contribution in [-0.2, 0) is 17.7 Å². The third-order valence-electron chi connectivity index (χ3n) is 4.14. The van der Waals surface area contributed by atoms with E-state index in [0.717, 1.165) is 49.6 Å². The van der Waals surface area contributed by atoms with Crippen molar-refractivity contribution >= 4 is 11.6 Å². The van der Waals surface area contributed by atoms with Crippen molar-refractivity contribution in [2.45, 2.75) is 25.8 Å². The average Bonchev–Trinajstić information content (AvgIpc) is 2.61. The fourth-order valence-electron chi connectivity index (χ4n) is 2.88. The van der Waals surface area contributed by atoms with E-state index < -0.39 is 0 Å². The predicted octanol–water partition coefficient (Wildman–Crippen LogP) is 3.36. The Hall–Kier alpha value is -1.69. The Kier molecular flexibility index (Phi) is 7.03. The predicted molar refractivity (Wildman–Crippen MR) is 98.0 cm³/mol. The number of hydrogen-bond donors (Lipinski definition) is 0. The first-order valence-electron chi connectivity index (χ1n) is 8.78. The number of fused-ring (bicyclic) bond motifs is 2. The van der Waals surface area contributed by atoms with Gasteiger partial charge in [0.15, 0.2) is 0 Å². The number of halogens is 1. The van der Waals surface area contributed by atoms with Gasteiger partial charge in [0.05, 0.1) is 25.1 Å². The van der Waals surface area contributed by atoms with E-state index in [2.05, 4.69) is 20.9 Å². The van der Waals surface area contributed by atoms with Gasteiger partial charge in [-0.25, -0.2) is 4.98 Å². The highest BCUT2D eigenvalue weighted by molar-refractivity contribution is 6.30. The van der Waals surface area contributed by atoms with E-state index >= 15 is 0 Å². The SMILES string of the molecule is Clc1cccc(CN2CCCCc3cncc(n3)OCCOCC2)c1. The lowest BCUT2D eigenvalue weighted by atomic mass is 10.1. The topological polar surface area (TPSA) is 47.5 Å². The summed E-state index contributed by atoms with van der Waals surface area (Å²) in [7, 11) is 0. The smallest absolute Gasteiger partial charge is 0.232 e. The molecule has 0 aliphatic carbocycles. The third kappa shape index (κ3) is 6.27. The molecule has 1 aromatic heterocycles. The average molecular weight is 362 g/mol. The third-order valence-corrected chi connectivity index (χ3v) is 4.38. The second-order valence-electron chi connectivity index (χ2n) is 6.17. The standard InChI is InChI=1S/C19H24ClN3O2/c20-17-5-3-4-16(12-17)15-23-7-2-1-6-18-13-21-14-19(22-18)25-11-10-24-9-8-23/h3-5,12-14H,1-2,6-11,15H2. The van der Waals surface area contributed by atoms with Gasteiger partial charge in [-0.05, 0) is 43.5 Å². The molecule has 0 atom stereocenters. The lowest BCUT2D eigenvalue weighted by Crippen LogP contribution is -2.29. The molecule has 0 saturated carbocycles. The van der Waals surface area contributed by atoms with Gasteiger partial charge >= 0.3 is 0 Å². The van der Waals surface area contributed by atoms with Gasteiger partial charge in [-0.2, -0.15) is 0 Å². The minimum Gasteiger partial charge on any atom is -0.474 e. The van der Waals surface area contributed by atoms with Crippen LogP contribution < -0.4 is 4.74 Å². The molecule has 6 heteroatoms. The normalized spacial score (nSPS) is 17.5. The van der Waals surface area contributed by atoms with Crippen molar-refractivity contribution < 1.29 is 9.47 Å². The van der Waals surface area contributed by atoms with E-state index in [1.165, 1.54) is 5.56 Å². The largest absolute Gasteiger partial charge is 0.474 e. The molecule has 0 spiro atoms. The fraction of sp³-hybridized carbons (Fsp3) is 0.474. The molecule has 0 amide bonds. The monoisotopic (exact) mass is 361 g/mol. The molecular weight excluding hydrogens is 338 g/mol. The molecule has 0 fully saturated rings. The Morgan fingerprint density at radius 2 is 2.04 bits per heavy atom. The van der Waals surface area contributed by atoms with Crippen molar-refractivity contribution in [1.82, 2.24) is 14.9 Å². The highest BCUT2D eigenvalue weighted by Gasteiger charge is 2.08. The number of rotatable bonds is 2. The van der Waals surface area contributed by atoms with Gasteiger partial charge < -0.3 is 9.47 Å². The zero-order chi connectivity index (χ0) is 17.3. The Morgan fingerprint density at radius 1 is 1.08 bits per heavy atom. The second kappa shape index (κ2) is 9.70. The second-order valence-corrected chi connectivity index (χ2v) is 6.61. The van der Waals surface area contributed by atoms with Crippen LogP contribution in [0.4, 0.5) is 0 Å². The van der Waals surface area contributed by atoms with Gasteiger partial charge in [0.2, 0.25) is 5.88 Å². The van der Waals surface area contributed by atoms with Crippen molar-refractivity contribution in [1.29, 1.82) is 0 Å². The molecule has 2 bridgehead atoms. The van der Waals surface area contributed by atoms with Crippen LogP contribution in [0.3, 0.4) is 0 Å². The van der Waals surface area contributed by atoms with E-state index in [0.29, 0.717) is 25.7 Å². The molecular formula is C19H24ClN3O2. The van der Waals surface area contributed by atoms with Crippen molar-refractivity contribution in [2.75, 3.05) is 32.9 Å². The van der Waals surface area contributed by atoms with Crippen LogP contribution in [0.2, 0.25) is 5.02 Å². The maximum Gasteiger partial charge on any atom is 0.232 e. The molecule has 2 aromatic rings. The van der Waals surface area contributed by atoms with E-state index in [1.54, 1.807) is 6.20 Å². The molecule has 0 saturated heterocycles. The number of aromatic nitrogens is 2. The lowest BCUT2D eigenvalue weighted by molar-refractivity contribution is 0.0758. The number of benzene rings is 1. The Morgan fingerprint density at radius 3 is 2.96 bits per heavy atom. The Bertz CT molecular complexity index is 669. The van der Waals surface area contributed by atoms with E-state index in [9.17, 15) is 0 Å². The molecule has 5 nitrogen and oxygen atoms in total. The molecule has 1 aliphatic heterocycles. The minimum absolute atomic E-state index is 0.492. The van der Waals surface area contributed by atoms with Gasteiger partial charge in [-0.3, -0.25) is 9.88 Å². The van der Waals surface area contributed by atoms with Crippen molar-refractivity contribution in [2.24, 2.45) is 0 Å². The summed E-state index contributed by atoms with van der Waals surface area (Å²) < 4.78 is 11.3. The molecule has 1 aliphatic rings. The first kappa shape index (κ1) is 18.1. The highest BCUT2D eigenvalue weighted by Crippen LogP contribution is 2.14. The fourth-order valence-corrected chi connectivity index (χ4v) is 3.10. The van der Waals surface area contributed by atoms with Crippen LogP contribution in [-0.4, -0.2) is 47.8 Å². The van der Waals surface area contributed by atoms with Gasteiger partial charge in [-0.15, -0.1) is 0 Å². The summed E-state index contributed by atoms with van der Waals surface area (Å²) in [6.07, 6.45) is 6.57. The summed E-state index contributed by atoms with van der Waals surface area (Å²) in [5, 5.41) is 0.784. The highest BCUT2D eigenvalue weighted by atomic mass is 35.5. The van der Waals surface area contributed by atoms with Crippen LogP contribution in [0.1, 0.15) is 24.1 Å². The van der Waals surface area contributed by atoms with Crippen LogP contribution in [0.25, 0.3) is 0 Å². The molecule has 134 valence electrons. The molecule has 0 unspecified atom stereocenters. The maximum absolute atomic E-state index is 6.10. The first-order valence-corrected chi connectivity index (χ1v) is 9.16. The summed E-state index contributed by atoms with van der Waals surface area (Å²) in [5.74, 6) is 0.584. The van der Waals surface area contributed by atoms with Gasteiger partial charge in [-0.1, -0.05) is 23.7 Å². The van der Waals surface area contributed by atoms with Gasteiger partial charge in [0.25, 0.3) is 0 Å². The molecule has 0 radical (unpaired) electrons. The molecule has 1 aromatic carbocycles. The number of aryl methyl sites for hydroxylation is 1. The Labute approximate surface area is 153 Å². The van der Waals surface area contributed by atoms with Crippen LogP contribution in [0, 0.1) is 0 Å². The van der Waals surface area contributed by atoms with Crippen LogP contribution in [0.5, 0.6) is 5.88 Å². The molecule has 25 heavy (non-hydrogen) atoms. The quantitative estimate of drug-likeness (QED) is 0.820. The summed E-state index contributed by atoms with van der Waals surface area (Å²) in [6.45, 7) is 4.55. The van der Waals surface area contributed by atoms with E-state index in [4.69, 9.17) is 21.1 Å².